The molecule has 1 unspecified atom stereocenters. The van der Waals surface area contributed by atoms with E-state index in [1.807, 2.05) is 54.4 Å². The van der Waals surface area contributed by atoms with Gasteiger partial charge in [0, 0.05) is 30.5 Å². The molecule has 1 fully saturated rings. The molecule has 7 heteroatoms. The summed E-state index contributed by atoms with van der Waals surface area (Å²) in [4.78, 5) is 31.6. The number of carbonyl (C=O) groups is 1. The highest BCUT2D eigenvalue weighted by Crippen LogP contribution is 2.29. The number of likely N-dealkylation sites (tertiary alicyclic amines) is 1. The number of hydrogen-bond acceptors (Lipinski definition) is 4. The molecule has 0 spiro atoms. The molecule has 152 valence electrons. The van der Waals surface area contributed by atoms with E-state index < -0.39 is 5.76 Å². The van der Waals surface area contributed by atoms with Gasteiger partial charge in [0.1, 0.15) is 12.4 Å². The molecule has 5 rings (SSSR count). The number of fused-ring (bicyclic) bond motifs is 1. The minimum Gasteiger partial charge on any atom is -0.408 e. The van der Waals surface area contributed by atoms with Crippen LogP contribution in [0.5, 0.6) is 0 Å². The minimum absolute atomic E-state index is 0.0168. The van der Waals surface area contributed by atoms with Crippen LogP contribution in [-0.2, 0) is 11.3 Å². The van der Waals surface area contributed by atoms with Gasteiger partial charge in [0.25, 0.3) is 0 Å². The summed E-state index contributed by atoms with van der Waals surface area (Å²) in [6.45, 7) is 3.28. The third-order valence-corrected chi connectivity index (χ3v) is 5.76. The fourth-order valence-corrected chi connectivity index (χ4v) is 4.29. The van der Waals surface area contributed by atoms with E-state index in [2.05, 4.69) is 9.55 Å². The molecule has 0 aliphatic carbocycles. The van der Waals surface area contributed by atoms with Crippen molar-refractivity contribution in [1.29, 1.82) is 0 Å². The fraction of sp³-hybridized carbons (Fsp3) is 0.261. The van der Waals surface area contributed by atoms with Crippen molar-refractivity contribution in [2.45, 2.75) is 25.9 Å². The Morgan fingerprint density at radius 3 is 2.73 bits per heavy atom. The number of benzene rings is 2. The van der Waals surface area contributed by atoms with Gasteiger partial charge in [-0.05, 0) is 25.5 Å². The van der Waals surface area contributed by atoms with Gasteiger partial charge in [-0.1, -0.05) is 42.5 Å². The van der Waals surface area contributed by atoms with Crippen molar-refractivity contribution >= 4 is 17.0 Å². The summed E-state index contributed by atoms with van der Waals surface area (Å²) < 4.78 is 8.88. The number of carbonyl (C=O) groups excluding carboxylic acids is 1. The first kappa shape index (κ1) is 18.4. The molecule has 1 aliphatic rings. The Hall–Kier alpha value is -3.61. The van der Waals surface area contributed by atoms with Crippen LogP contribution in [0, 0.1) is 6.92 Å². The molecule has 30 heavy (non-hydrogen) atoms. The van der Waals surface area contributed by atoms with Crippen LogP contribution in [0.4, 0.5) is 0 Å². The summed E-state index contributed by atoms with van der Waals surface area (Å²) in [6, 6.07) is 17.4. The van der Waals surface area contributed by atoms with Crippen LogP contribution in [0.2, 0.25) is 0 Å². The number of nitrogens with zero attached hydrogens (tertiary/aromatic N) is 4. The van der Waals surface area contributed by atoms with E-state index in [0.29, 0.717) is 24.2 Å². The Morgan fingerprint density at radius 1 is 1.13 bits per heavy atom. The van der Waals surface area contributed by atoms with Gasteiger partial charge in [-0.15, -0.1) is 0 Å². The van der Waals surface area contributed by atoms with Crippen LogP contribution in [-0.4, -0.2) is 38.0 Å². The van der Waals surface area contributed by atoms with Gasteiger partial charge in [-0.3, -0.25) is 9.36 Å². The second-order valence-corrected chi connectivity index (χ2v) is 7.66. The normalized spacial score (nSPS) is 16.4. The highest BCUT2D eigenvalue weighted by atomic mass is 16.4. The topological polar surface area (TPSA) is 73.3 Å². The first-order valence-corrected chi connectivity index (χ1v) is 10.1. The number of aryl methyl sites for hydroxylation is 1. The molecule has 1 aliphatic heterocycles. The average molecular weight is 402 g/mol. The molecule has 0 bridgehead atoms. The van der Waals surface area contributed by atoms with Crippen molar-refractivity contribution in [3.8, 4) is 11.4 Å². The lowest BCUT2D eigenvalue weighted by molar-refractivity contribution is -0.130. The van der Waals surface area contributed by atoms with Crippen LogP contribution < -0.4 is 5.76 Å². The van der Waals surface area contributed by atoms with Crippen molar-refractivity contribution in [2.24, 2.45) is 0 Å². The molecule has 2 aromatic heterocycles. The van der Waals surface area contributed by atoms with Crippen molar-refractivity contribution in [2.75, 3.05) is 13.1 Å². The Balaban J connectivity index is 1.37. The zero-order chi connectivity index (χ0) is 20.7. The SMILES string of the molecule is Cc1cnc(-c2ccccc2)n1C1CCN(C(=O)Cn2c(=O)oc3ccccc32)C1. The summed E-state index contributed by atoms with van der Waals surface area (Å²) in [5.41, 5.74) is 3.27. The highest BCUT2D eigenvalue weighted by molar-refractivity contribution is 5.79. The number of rotatable bonds is 4. The van der Waals surface area contributed by atoms with E-state index in [4.69, 9.17) is 4.42 Å². The maximum Gasteiger partial charge on any atom is 0.420 e. The van der Waals surface area contributed by atoms with E-state index >= 15 is 0 Å². The molecule has 0 saturated carbocycles. The predicted octanol–water partition coefficient (Wildman–Crippen LogP) is 3.24. The van der Waals surface area contributed by atoms with Crippen LogP contribution in [0.25, 0.3) is 22.5 Å². The Kier molecular flexibility index (Phi) is 4.50. The second-order valence-electron chi connectivity index (χ2n) is 7.66. The van der Waals surface area contributed by atoms with Crippen molar-refractivity contribution in [3.05, 3.63) is 77.0 Å². The summed E-state index contributed by atoms with van der Waals surface area (Å²) in [7, 11) is 0. The van der Waals surface area contributed by atoms with E-state index in [1.54, 1.807) is 18.2 Å². The number of para-hydroxylation sites is 2. The zero-order valence-corrected chi connectivity index (χ0v) is 16.7. The maximum absolute atomic E-state index is 13.0. The first-order chi connectivity index (χ1) is 14.6. The van der Waals surface area contributed by atoms with Crippen LogP contribution >= 0.6 is 0 Å². The molecule has 1 saturated heterocycles. The second kappa shape index (κ2) is 7.33. The zero-order valence-electron chi connectivity index (χ0n) is 16.7. The van der Waals surface area contributed by atoms with Gasteiger partial charge >= 0.3 is 5.76 Å². The Labute approximate surface area is 173 Å². The van der Waals surface area contributed by atoms with Gasteiger partial charge in [0.2, 0.25) is 5.91 Å². The number of aromatic nitrogens is 3. The lowest BCUT2D eigenvalue weighted by Gasteiger charge is -2.20. The smallest absolute Gasteiger partial charge is 0.408 e. The van der Waals surface area contributed by atoms with E-state index in [9.17, 15) is 9.59 Å². The summed E-state index contributed by atoms with van der Waals surface area (Å²) >= 11 is 0. The van der Waals surface area contributed by atoms with Gasteiger partial charge in [-0.25, -0.2) is 9.78 Å². The monoisotopic (exact) mass is 402 g/mol. The largest absolute Gasteiger partial charge is 0.420 e. The lowest BCUT2D eigenvalue weighted by atomic mass is 10.2. The quantitative estimate of drug-likeness (QED) is 0.525. The van der Waals surface area contributed by atoms with E-state index in [0.717, 1.165) is 23.5 Å². The summed E-state index contributed by atoms with van der Waals surface area (Å²) in [5.74, 6) is 0.340. The molecule has 7 nitrogen and oxygen atoms in total. The number of amides is 1. The first-order valence-electron chi connectivity index (χ1n) is 10.1. The molecule has 3 heterocycles. The van der Waals surface area contributed by atoms with Crippen LogP contribution in [0.1, 0.15) is 18.2 Å². The summed E-state index contributed by atoms with van der Waals surface area (Å²) in [6.07, 6.45) is 2.73. The molecule has 1 amide bonds. The number of oxazole rings is 1. The van der Waals surface area contributed by atoms with Crippen molar-refractivity contribution in [3.63, 3.8) is 0 Å². The summed E-state index contributed by atoms with van der Waals surface area (Å²) in [5, 5.41) is 0. The van der Waals surface area contributed by atoms with Crippen LogP contribution in [0.15, 0.2) is 70.0 Å². The predicted molar refractivity (Wildman–Crippen MR) is 113 cm³/mol. The standard InChI is InChI=1S/C23H22N4O3/c1-16-13-24-22(17-7-3-2-4-8-17)27(16)18-11-12-25(14-18)21(28)15-26-19-9-5-6-10-20(19)30-23(26)29/h2-10,13,18H,11-12,14-15H2,1H3. The molecular weight excluding hydrogens is 380 g/mol. The Morgan fingerprint density at radius 2 is 1.90 bits per heavy atom. The van der Waals surface area contributed by atoms with E-state index in [1.165, 1.54) is 4.57 Å². The molecule has 2 aromatic carbocycles. The fourth-order valence-electron chi connectivity index (χ4n) is 4.29. The van der Waals surface area contributed by atoms with Gasteiger partial charge in [0.15, 0.2) is 5.58 Å². The molecule has 4 aromatic rings. The Bertz CT molecular complexity index is 1270. The third kappa shape index (κ3) is 3.12. The van der Waals surface area contributed by atoms with Crippen LogP contribution in [0.3, 0.4) is 0 Å². The van der Waals surface area contributed by atoms with Crippen molar-refractivity contribution < 1.29 is 9.21 Å². The third-order valence-electron chi connectivity index (χ3n) is 5.76. The molecule has 0 N–H and O–H groups in total. The van der Waals surface area contributed by atoms with Crippen molar-refractivity contribution in [1.82, 2.24) is 19.0 Å². The van der Waals surface area contributed by atoms with Gasteiger partial charge in [0.05, 0.1) is 11.6 Å². The molecule has 1 atom stereocenters. The number of hydrogen-bond donors (Lipinski definition) is 0. The number of imidazole rings is 1. The lowest BCUT2D eigenvalue weighted by Crippen LogP contribution is -2.34. The molecule has 0 radical (unpaired) electrons. The molecular formula is C23H22N4O3. The highest BCUT2D eigenvalue weighted by Gasteiger charge is 2.30. The maximum atomic E-state index is 13.0. The average Bonchev–Trinajstić information content (AvgIpc) is 3.46. The van der Waals surface area contributed by atoms with Gasteiger partial charge in [-0.2, -0.15) is 0 Å². The minimum atomic E-state index is -0.503. The van der Waals surface area contributed by atoms with E-state index in [-0.39, 0.29) is 18.5 Å². The van der Waals surface area contributed by atoms with Gasteiger partial charge < -0.3 is 13.9 Å².